The van der Waals surface area contributed by atoms with Crippen molar-refractivity contribution in [3.05, 3.63) is 60.2 Å². The fourth-order valence-electron chi connectivity index (χ4n) is 5.01. The van der Waals surface area contributed by atoms with Crippen molar-refractivity contribution in [3.63, 3.8) is 0 Å². The monoisotopic (exact) mass is 562 g/mol. The van der Waals surface area contributed by atoms with E-state index in [0.29, 0.717) is 13.1 Å². The van der Waals surface area contributed by atoms with Gasteiger partial charge >= 0.3 is 18.2 Å². The maximum atomic E-state index is 12.5. The van der Waals surface area contributed by atoms with E-state index < -0.39 is 12.1 Å². The van der Waals surface area contributed by atoms with Crippen LogP contribution in [0.5, 0.6) is 5.75 Å². The number of methoxy groups -OCH3 is 2. The summed E-state index contributed by atoms with van der Waals surface area (Å²) < 4.78 is 44.4. The Hall–Kier alpha value is -4.20. The van der Waals surface area contributed by atoms with Gasteiger partial charge in [0.25, 0.3) is 0 Å². The van der Waals surface area contributed by atoms with Crippen LogP contribution in [0.15, 0.2) is 48.8 Å². The summed E-state index contributed by atoms with van der Waals surface area (Å²) in [5.74, 6) is -0.337. The minimum absolute atomic E-state index is 0.286. The number of ether oxygens (including phenoxy) is 2. The molecule has 14 heteroatoms. The lowest BCUT2D eigenvalue weighted by atomic mass is 9.84. The topological polar surface area (TPSA) is 123 Å². The van der Waals surface area contributed by atoms with Crippen LogP contribution in [0.25, 0.3) is 11.4 Å². The molecule has 1 amide bonds. The highest BCUT2D eigenvalue weighted by atomic mass is 19.4. The molecule has 2 aromatic heterocycles. The Labute approximate surface area is 228 Å². The molecule has 1 spiro atoms. The number of carboxylic acids is 1. The van der Waals surface area contributed by atoms with Crippen molar-refractivity contribution in [2.24, 2.45) is 0 Å². The lowest BCUT2D eigenvalue weighted by Crippen LogP contribution is -2.57. The van der Waals surface area contributed by atoms with Crippen LogP contribution in [-0.4, -0.2) is 86.7 Å². The summed E-state index contributed by atoms with van der Waals surface area (Å²) in [7, 11) is 3.08. The van der Waals surface area contributed by atoms with Gasteiger partial charge in [-0.15, -0.1) is 10.2 Å². The normalized spacial score (nSPS) is 16.5. The molecule has 1 fully saturated rings. The molecule has 2 aliphatic rings. The summed E-state index contributed by atoms with van der Waals surface area (Å²) in [5, 5.41) is 16.2. The van der Waals surface area contributed by atoms with E-state index in [2.05, 4.69) is 30.7 Å². The number of nitrogens with zero attached hydrogens (tertiary/aromatic N) is 6. The molecule has 214 valence electrons. The summed E-state index contributed by atoms with van der Waals surface area (Å²) in [4.78, 5) is 29.8. The standard InChI is InChI=1S/C24H28N6O3.C2HF3O2/c1-32-20-7-5-19(6-8-20)22-27-26-21-16-29(23(31)33-2)17-24(30(21)22)9-12-28(13-10-24)15-18-4-3-11-25-14-18;3-2(4,5)1(6)7/h3-8,11,14H,9-10,12-13,15-17H2,1-2H3;(H,6,7). The maximum absolute atomic E-state index is 12.5. The van der Waals surface area contributed by atoms with Gasteiger partial charge in [0.05, 0.1) is 26.3 Å². The van der Waals surface area contributed by atoms with Crippen LogP contribution in [0.2, 0.25) is 0 Å². The van der Waals surface area contributed by atoms with E-state index in [1.54, 1.807) is 18.2 Å². The molecule has 0 bridgehead atoms. The lowest BCUT2D eigenvalue weighted by molar-refractivity contribution is -0.192. The van der Waals surface area contributed by atoms with Crippen molar-refractivity contribution in [3.8, 4) is 17.1 Å². The fourth-order valence-corrected chi connectivity index (χ4v) is 5.01. The second-order valence-corrected chi connectivity index (χ2v) is 9.49. The summed E-state index contributed by atoms with van der Waals surface area (Å²) >= 11 is 0. The van der Waals surface area contributed by atoms with Gasteiger partial charge in [-0.1, -0.05) is 6.07 Å². The molecule has 1 aromatic carbocycles. The summed E-state index contributed by atoms with van der Waals surface area (Å²) in [6.07, 6.45) is 0.0762. The van der Waals surface area contributed by atoms with E-state index in [0.717, 1.165) is 55.4 Å². The minimum Gasteiger partial charge on any atom is -0.497 e. The number of halogens is 3. The highest BCUT2D eigenvalue weighted by Crippen LogP contribution is 2.40. The van der Waals surface area contributed by atoms with Crippen molar-refractivity contribution in [2.45, 2.75) is 37.6 Å². The molecule has 5 rings (SSSR count). The van der Waals surface area contributed by atoms with Crippen LogP contribution < -0.4 is 4.74 Å². The van der Waals surface area contributed by atoms with Gasteiger partial charge in [-0.25, -0.2) is 9.59 Å². The van der Waals surface area contributed by atoms with Gasteiger partial charge in [-0.2, -0.15) is 13.2 Å². The average molecular weight is 563 g/mol. The number of fused-ring (bicyclic) bond motifs is 2. The number of alkyl halides is 3. The molecule has 2 aliphatic heterocycles. The quantitative estimate of drug-likeness (QED) is 0.509. The first-order valence-electron chi connectivity index (χ1n) is 12.4. The summed E-state index contributed by atoms with van der Waals surface area (Å²) in [5.41, 5.74) is 1.90. The number of carbonyl (C=O) groups is 2. The van der Waals surface area contributed by atoms with Gasteiger partial charge in [0.2, 0.25) is 0 Å². The van der Waals surface area contributed by atoms with Crippen LogP contribution in [-0.2, 0) is 28.2 Å². The summed E-state index contributed by atoms with van der Waals surface area (Å²) in [6, 6.07) is 12.0. The number of aromatic nitrogens is 4. The number of benzene rings is 1. The van der Waals surface area contributed by atoms with Crippen LogP contribution in [0, 0.1) is 0 Å². The number of rotatable bonds is 4. The molecular weight excluding hydrogens is 533 g/mol. The highest BCUT2D eigenvalue weighted by molar-refractivity contribution is 5.73. The molecule has 0 atom stereocenters. The zero-order valence-electron chi connectivity index (χ0n) is 22.0. The number of piperidine rings is 1. The first-order chi connectivity index (χ1) is 19.1. The minimum atomic E-state index is -5.08. The van der Waals surface area contributed by atoms with E-state index in [1.807, 2.05) is 36.5 Å². The smallest absolute Gasteiger partial charge is 0.490 e. The Balaban J connectivity index is 0.000000470. The van der Waals surface area contributed by atoms with Crippen molar-refractivity contribution in [2.75, 3.05) is 33.9 Å². The van der Waals surface area contributed by atoms with Crippen molar-refractivity contribution < 1.29 is 37.3 Å². The number of amides is 1. The zero-order valence-corrected chi connectivity index (χ0v) is 22.0. The third-order valence-electron chi connectivity index (χ3n) is 6.96. The Morgan fingerprint density at radius 2 is 1.75 bits per heavy atom. The molecule has 0 saturated carbocycles. The van der Waals surface area contributed by atoms with Gasteiger partial charge in [-0.05, 0) is 48.7 Å². The molecule has 0 unspecified atom stereocenters. The van der Waals surface area contributed by atoms with Crippen molar-refractivity contribution >= 4 is 12.1 Å². The molecule has 0 radical (unpaired) electrons. The first kappa shape index (κ1) is 28.8. The Bertz CT molecular complexity index is 1310. The predicted octanol–water partition coefficient (Wildman–Crippen LogP) is 3.56. The maximum Gasteiger partial charge on any atom is 0.490 e. The Morgan fingerprint density at radius 1 is 1.07 bits per heavy atom. The number of aliphatic carboxylic acids is 1. The van der Waals surface area contributed by atoms with Crippen LogP contribution >= 0.6 is 0 Å². The van der Waals surface area contributed by atoms with E-state index >= 15 is 0 Å². The van der Waals surface area contributed by atoms with Crippen LogP contribution in [0.3, 0.4) is 0 Å². The average Bonchev–Trinajstić information content (AvgIpc) is 3.39. The number of pyridine rings is 1. The molecule has 3 aromatic rings. The van der Waals surface area contributed by atoms with Gasteiger partial charge in [0, 0.05) is 44.1 Å². The van der Waals surface area contributed by atoms with Gasteiger partial charge < -0.3 is 19.1 Å². The van der Waals surface area contributed by atoms with Crippen molar-refractivity contribution in [1.29, 1.82) is 0 Å². The molecule has 4 heterocycles. The lowest BCUT2D eigenvalue weighted by Gasteiger charge is -2.48. The van der Waals surface area contributed by atoms with E-state index in [9.17, 15) is 18.0 Å². The molecule has 0 aliphatic carbocycles. The second kappa shape index (κ2) is 11.9. The molecule has 1 N–H and O–H groups in total. The van der Waals surface area contributed by atoms with Crippen LogP contribution in [0.1, 0.15) is 24.2 Å². The first-order valence-corrected chi connectivity index (χ1v) is 12.4. The molecule has 1 saturated heterocycles. The molecule has 11 nitrogen and oxygen atoms in total. The second-order valence-electron chi connectivity index (χ2n) is 9.49. The third-order valence-corrected chi connectivity index (χ3v) is 6.96. The SMILES string of the molecule is COC(=O)N1Cc2nnc(-c3ccc(OC)cc3)n2C2(CCN(Cc3cccnc3)CC2)C1.O=C(O)C(F)(F)F. The number of likely N-dealkylation sites (tertiary alicyclic amines) is 1. The number of carbonyl (C=O) groups excluding carboxylic acids is 1. The highest BCUT2D eigenvalue weighted by Gasteiger charge is 2.46. The zero-order chi connectivity index (χ0) is 28.9. The van der Waals surface area contributed by atoms with E-state index in [4.69, 9.17) is 19.4 Å². The molecule has 40 heavy (non-hydrogen) atoms. The number of carboxylic acid groups (broad SMARTS) is 1. The van der Waals surface area contributed by atoms with Crippen molar-refractivity contribution in [1.82, 2.24) is 29.5 Å². The van der Waals surface area contributed by atoms with Gasteiger partial charge in [0.15, 0.2) is 11.6 Å². The number of hydrogen-bond donors (Lipinski definition) is 1. The summed E-state index contributed by atoms with van der Waals surface area (Å²) in [6.45, 7) is 3.64. The van der Waals surface area contributed by atoms with E-state index in [-0.39, 0.29) is 11.6 Å². The Kier molecular flexibility index (Phi) is 8.57. The number of hydrogen-bond acceptors (Lipinski definition) is 8. The van der Waals surface area contributed by atoms with Gasteiger partial charge in [0.1, 0.15) is 5.75 Å². The fraction of sp³-hybridized carbons (Fsp3) is 0.423. The van der Waals surface area contributed by atoms with Crippen LogP contribution in [0.4, 0.5) is 18.0 Å². The van der Waals surface area contributed by atoms with E-state index in [1.165, 1.54) is 12.7 Å². The largest absolute Gasteiger partial charge is 0.497 e. The molecular formula is C26H29F3N6O5. The predicted molar refractivity (Wildman–Crippen MR) is 135 cm³/mol. The third kappa shape index (κ3) is 6.33. The van der Waals surface area contributed by atoms with Gasteiger partial charge in [-0.3, -0.25) is 14.8 Å². The Morgan fingerprint density at radius 3 is 2.30 bits per heavy atom.